The summed E-state index contributed by atoms with van der Waals surface area (Å²) in [4.78, 5) is 15.1. The van der Waals surface area contributed by atoms with E-state index in [0.717, 1.165) is 44.3 Å². The number of piperidine rings is 1. The second-order valence-corrected chi connectivity index (χ2v) is 10.6. The van der Waals surface area contributed by atoms with Crippen LogP contribution in [0.25, 0.3) is 0 Å². The Morgan fingerprint density at radius 1 is 1.13 bits per heavy atom. The Kier molecular flexibility index (Phi) is 5.05. The molecule has 0 unspecified atom stereocenters. The van der Waals surface area contributed by atoms with Gasteiger partial charge in [0.15, 0.2) is 0 Å². The van der Waals surface area contributed by atoms with Gasteiger partial charge in [-0.05, 0) is 86.5 Å². The highest BCUT2D eigenvalue weighted by Gasteiger charge is 2.35. The number of likely N-dealkylation sites (tertiary alicyclic amines) is 1. The van der Waals surface area contributed by atoms with Crippen LogP contribution < -0.4 is 9.03 Å². The average molecular weight is 444 g/mol. The maximum absolute atomic E-state index is 13.4. The van der Waals surface area contributed by atoms with E-state index in [4.69, 9.17) is 0 Å². The summed E-state index contributed by atoms with van der Waals surface area (Å²) in [6.07, 6.45) is 8.85. The number of nitrogens with one attached hydrogen (secondary N) is 1. The van der Waals surface area contributed by atoms with Gasteiger partial charge in [0.05, 0.1) is 18.3 Å². The predicted molar refractivity (Wildman–Crippen MR) is 118 cm³/mol. The third-order valence-corrected chi connectivity index (χ3v) is 8.46. The van der Waals surface area contributed by atoms with E-state index in [9.17, 15) is 13.2 Å². The van der Waals surface area contributed by atoms with Crippen molar-refractivity contribution in [2.24, 2.45) is 7.05 Å². The van der Waals surface area contributed by atoms with Crippen molar-refractivity contribution in [2.75, 3.05) is 24.4 Å². The number of aryl methyl sites for hydroxylation is 3. The third kappa shape index (κ3) is 3.74. The van der Waals surface area contributed by atoms with E-state index in [2.05, 4.69) is 20.8 Å². The van der Waals surface area contributed by atoms with Crippen LogP contribution in [0.5, 0.6) is 0 Å². The number of carbonyl (C=O) groups excluding carboxylic acids is 1. The highest BCUT2D eigenvalue weighted by molar-refractivity contribution is 7.91. The molecule has 1 aliphatic heterocycles. The number of nitrogens with zero attached hydrogens (tertiary/aromatic N) is 4. The van der Waals surface area contributed by atoms with Gasteiger partial charge in [0.2, 0.25) is 5.91 Å². The fraction of sp³-hybridized carbons (Fsp3) is 0.545. The lowest BCUT2D eigenvalue weighted by Gasteiger charge is -2.37. The van der Waals surface area contributed by atoms with Crippen LogP contribution in [0, 0.1) is 0 Å². The van der Waals surface area contributed by atoms with E-state index in [0.29, 0.717) is 18.5 Å². The molecule has 2 aromatic rings. The first-order valence-electron chi connectivity index (χ1n) is 11.0. The van der Waals surface area contributed by atoms with Gasteiger partial charge in [-0.25, -0.2) is 9.03 Å². The number of amides is 1. The maximum atomic E-state index is 13.4. The molecule has 0 radical (unpaired) electrons. The summed E-state index contributed by atoms with van der Waals surface area (Å²) in [7, 11) is -0.256. The fourth-order valence-corrected chi connectivity index (χ4v) is 6.52. The minimum absolute atomic E-state index is 0.124. The molecule has 8 nitrogen and oxygen atoms in total. The molecule has 2 heterocycles. The monoisotopic (exact) mass is 443 g/mol. The largest absolute Gasteiger partial charge is 0.326 e. The summed E-state index contributed by atoms with van der Waals surface area (Å²) >= 11 is 0. The molecule has 1 aromatic carbocycles. The molecule has 1 aromatic heterocycles. The van der Waals surface area contributed by atoms with Gasteiger partial charge in [0, 0.05) is 19.3 Å². The fourth-order valence-electron chi connectivity index (χ4n) is 5.09. The van der Waals surface area contributed by atoms with E-state index in [1.807, 2.05) is 7.05 Å². The summed E-state index contributed by atoms with van der Waals surface area (Å²) in [5.74, 6) is -0.462. The van der Waals surface area contributed by atoms with Gasteiger partial charge >= 0.3 is 10.2 Å². The van der Waals surface area contributed by atoms with E-state index < -0.39 is 16.1 Å². The minimum atomic E-state index is -4.05. The molecule has 1 fully saturated rings. The van der Waals surface area contributed by atoms with Crippen LogP contribution in [0.4, 0.5) is 5.69 Å². The normalized spacial score (nSPS) is 18.5. The number of hydrogen-bond acceptors (Lipinski definition) is 5. The van der Waals surface area contributed by atoms with Gasteiger partial charge in [-0.1, -0.05) is 6.07 Å². The highest BCUT2D eigenvalue weighted by atomic mass is 32.2. The Hall–Kier alpha value is -2.39. The minimum Gasteiger partial charge on any atom is -0.306 e. The summed E-state index contributed by atoms with van der Waals surface area (Å²) in [6, 6.07) is 2.06. The molecular weight excluding hydrogens is 414 g/mol. The first-order valence-corrected chi connectivity index (χ1v) is 12.4. The first-order chi connectivity index (χ1) is 14.8. The third-order valence-electron chi connectivity index (χ3n) is 6.95. The van der Waals surface area contributed by atoms with Crippen LogP contribution in [-0.2, 0) is 54.2 Å². The highest BCUT2D eigenvalue weighted by Crippen LogP contribution is 2.37. The van der Waals surface area contributed by atoms with Crippen LogP contribution in [0.2, 0.25) is 0 Å². The predicted octanol–water partition coefficient (Wildman–Crippen LogP) is 1.12. The molecule has 0 saturated carbocycles. The van der Waals surface area contributed by atoms with Gasteiger partial charge in [-0.2, -0.15) is 13.5 Å². The van der Waals surface area contributed by atoms with Crippen molar-refractivity contribution in [1.82, 2.24) is 19.4 Å². The summed E-state index contributed by atoms with van der Waals surface area (Å²) in [5, 5.41) is 4.15. The molecule has 1 N–H and O–H groups in total. The van der Waals surface area contributed by atoms with Gasteiger partial charge in [0.1, 0.15) is 0 Å². The zero-order valence-electron chi connectivity index (χ0n) is 18.1. The van der Waals surface area contributed by atoms with E-state index in [1.54, 1.807) is 24.1 Å². The Morgan fingerprint density at radius 3 is 2.29 bits per heavy atom. The lowest BCUT2D eigenvalue weighted by Crippen LogP contribution is -2.52. The quantitative estimate of drug-likeness (QED) is 0.723. The smallest absolute Gasteiger partial charge is 0.306 e. The van der Waals surface area contributed by atoms with Crippen LogP contribution in [0.15, 0.2) is 18.5 Å². The standard InChI is InChI=1S/C22H29N5O3S/c1-25-9-7-17(8-10-25)27(18-13-23-26(2)14-18)31(29,30)24-22(28)12-21-19-5-3-15(19)11-16-4-6-20(16)21/h11,13-14,17H,3-10,12H2,1-2H3,(H,24,28). The number of anilines is 1. The average Bonchev–Trinajstić information content (AvgIpc) is 3.05. The second kappa shape index (κ2) is 7.63. The van der Waals surface area contributed by atoms with Gasteiger partial charge < -0.3 is 4.90 Å². The molecular formula is C22H29N5O3S. The van der Waals surface area contributed by atoms with Crippen molar-refractivity contribution in [3.05, 3.63) is 46.3 Å². The van der Waals surface area contributed by atoms with E-state index >= 15 is 0 Å². The molecule has 166 valence electrons. The van der Waals surface area contributed by atoms with Crippen LogP contribution >= 0.6 is 0 Å². The van der Waals surface area contributed by atoms with Crippen molar-refractivity contribution >= 4 is 21.8 Å². The van der Waals surface area contributed by atoms with Crippen LogP contribution in [0.3, 0.4) is 0 Å². The zero-order valence-corrected chi connectivity index (χ0v) is 18.9. The summed E-state index contributed by atoms with van der Waals surface area (Å²) in [5.41, 5.74) is 6.71. The number of fused-ring (bicyclic) bond motifs is 2. The lowest BCUT2D eigenvalue weighted by molar-refractivity contribution is -0.118. The van der Waals surface area contributed by atoms with Crippen molar-refractivity contribution < 1.29 is 13.2 Å². The van der Waals surface area contributed by atoms with Crippen molar-refractivity contribution in [3.63, 3.8) is 0 Å². The number of carbonyl (C=O) groups is 1. The van der Waals surface area contributed by atoms with Gasteiger partial charge in [-0.15, -0.1) is 0 Å². The van der Waals surface area contributed by atoms with Crippen LogP contribution in [-0.4, -0.2) is 55.2 Å². The number of rotatable bonds is 6. The zero-order chi connectivity index (χ0) is 21.8. The molecule has 0 spiro atoms. The number of benzene rings is 1. The SMILES string of the molecule is CN1CCC(N(c2cnn(C)c2)S(=O)(=O)NC(=O)Cc2c3c(cc4c2CC4)CC3)CC1. The Labute approximate surface area is 183 Å². The second-order valence-electron chi connectivity index (χ2n) is 9.04. The molecule has 0 atom stereocenters. The topological polar surface area (TPSA) is 87.5 Å². The first kappa shape index (κ1) is 20.5. The Balaban J connectivity index is 1.38. The molecule has 5 rings (SSSR count). The van der Waals surface area contributed by atoms with Gasteiger partial charge in [0.25, 0.3) is 0 Å². The molecule has 31 heavy (non-hydrogen) atoms. The van der Waals surface area contributed by atoms with E-state index in [1.165, 1.54) is 26.6 Å². The maximum Gasteiger partial charge on any atom is 0.326 e. The Bertz CT molecular complexity index is 1100. The molecule has 1 amide bonds. The molecule has 2 aliphatic carbocycles. The van der Waals surface area contributed by atoms with Crippen LogP contribution in [0.1, 0.15) is 40.7 Å². The lowest BCUT2D eigenvalue weighted by atomic mass is 9.73. The number of hydrogen-bond donors (Lipinski definition) is 1. The van der Waals surface area contributed by atoms with Crippen molar-refractivity contribution in [3.8, 4) is 0 Å². The number of aromatic nitrogens is 2. The van der Waals surface area contributed by atoms with Crippen molar-refractivity contribution in [1.29, 1.82) is 0 Å². The summed E-state index contributed by atoms with van der Waals surface area (Å²) < 4.78 is 32.1. The molecule has 1 saturated heterocycles. The van der Waals surface area contributed by atoms with Gasteiger partial charge in [-0.3, -0.25) is 9.48 Å². The molecule has 9 heteroatoms. The summed E-state index contributed by atoms with van der Waals surface area (Å²) in [6.45, 7) is 1.63. The van der Waals surface area contributed by atoms with Crippen molar-refractivity contribution in [2.45, 2.75) is 51.0 Å². The molecule has 0 bridgehead atoms. The van der Waals surface area contributed by atoms with E-state index in [-0.39, 0.29) is 12.5 Å². The molecule has 3 aliphatic rings. The Morgan fingerprint density at radius 2 is 1.77 bits per heavy atom.